The Labute approximate surface area is 368 Å². The van der Waals surface area contributed by atoms with Gasteiger partial charge >= 0.3 is 0 Å². The summed E-state index contributed by atoms with van der Waals surface area (Å²) in [7, 11) is 0. The van der Waals surface area contributed by atoms with Crippen molar-refractivity contribution in [3.05, 3.63) is 224 Å². The molecule has 4 heterocycles. The molecule has 0 atom stereocenters. The zero-order valence-electron chi connectivity index (χ0n) is 34.6. The summed E-state index contributed by atoms with van der Waals surface area (Å²) in [5, 5.41) is 8.29. The Hall–Kier alpha value is -8.67. The van der Waals surface area contributed by atoms with E-state index in [0.29, 0.717) is 5.82 Å². The maximum Gasteiger partial charge on any atom is 0.160 e. The number of benzene rings is 9. The molecule has 0 aliphatic heterocycles. The largest absolute Gasteiger partial charge is 0.309 e. The fourth-order valence-electron chi connectivity index (χ4n) is 9.81. The van der Waals surface area contributed by atoms with Crippen LogP contribution in [-0.4, -0.2) is 24.1 Å². The van der Waals surface area contributed by atoms with Crippen LogP contribution in [0.25, 0.3) is 122 Å². The summed E-state index contributed by atoms with van der Waals surface area (Å²) >= 11 is 0. The highest BCUT2D eigenvalue weighted by atomic mass is 15.0. The molecule has 0 fully saturated rings. The van der Waals surface area contributed by atoms with Gasteiger partial charge in [0.1, 0.15) is 0 Å². The maximum absolute atomic E-state index is 5.37. The molecule has 0 spiro atoms. The van der Waals surface area contributed by atoms with Crippen LogP contribution in [0.1, 0.15) is 0 Å². The topological polar surface area (TPSA) is 48.5 Å². The lowest BCUT2D eigenvalue weighted by Crippen LogP contribution is -1.97. The van der Waals surface area contributed by atoms with Crippen molar-refractivity contribution in [3.63, 3.8) is 0 Å². The molecule has 0 amide bonds. The summed E-state index contributed by atoms with van der Waals surface area (Å²) < 4.78 is 4.74. The minimum atomic E-state index is 0.680. The highest BCUT2D eigenvalue weighted by molar-refractivity contribution is 6.28. The van der Waals surface area contributed by atoms with Gasteiger partial charge in [-0.1, -0.05) is 164 Å². The van der Waals surface area contributed by atoms with Crippen LogP contribution in [0, 0.1) is 0 Å². The molecule has 9 aromatic carbocycles. The molecular weight excluding hydrogens is 779 g/mol. The Morgan fingerprint density at radius 1 is 0.281 bits per heavy atom. The lowest BCUT2D eigenvalue weighted by atomic mass is 9.95. The smallest absolute Gasteiger partial charge is 0.160 e. The average Bonchev–Trinajstić information content (AvgIpc) is 3.89. The molecule has 64 heavy (non-hydrogen) atoms. The predicted octanol–water partition coefficient (Wildman–Crippen LogP) is 15.0. The van der Waals surface area contributed by atoms with Crippen molar-refractivity contribution in [3.8, 4) is 56.5 Å². The van der Waals surface area contributed by atoms with Crippen molar-refractivity contribution in [2.24, 2.45) is 0 Å². The Bertz CT molecular complexity index is 3870. The summed E-state index contributed by atoms with van der Waals surface area (Å²) in [5.74, 6) is 0.680. The number of nitrogens with zero attached hydrogens (tertiary/aromatic N) is 5. The Balaban J connectivity index is 1.03. The van der Waals surface area contributed by atoms with Crippen LogP contribution in [0.5, 0.6) is 0 Å². The molecule has 0 bridgehead atoms. The van der Waals surface area contributed by atoms with E-state index in [1.54, 1.807) is 0 Å². The minimum Gasteiger partial charge on any atom is -0.309 e. The fraction of sp³-hybridized carbons (Fsp3) is 0. The van der Waals surface area contributed by atoms with Gasteiger partial charge in [-0.2, -0.15) is 0 Å². The van der Waals surface area contributed by atoms with E-state index in [4.69, 9.17) is 15.0 Å². The monoisotopic (exact) mass is 815 g/mol. The van der Waals surface area contributed by atoms with Crippen LogP contribution in [0.2, 0.25) is 0 Å². The quantitative estimate of drug-likeness (QED) is 0.157. The van der Waals surface area contributed by atoms with Gasteiger partial charge in [-0.3, -0.25) is 0 Å². The third-order valence-corrected chi connectivity index (χ3v) is 12.7. The van der Waals surface area contributed by atoms with E-state index in [9.17, 15) is 0 Å². The van der Waals surface area contributed by atoms with Crippen molar-refractivity contribution in [1.29, 1.82) is 0 Å². The zero-order chi connectivity index (χ0) is 42.1. The first-order valence-electron chi connectivity index (χ1n) is 21.7. The van der Waals surface area contributed by atoms with Crippen molar-refractivity contribution < 1.29 is 0 Å². The summed E-state index contributed by atoms with van der Waals surface area (Å²) in [6, 6.07) is 79.5. The van der Waals surface area contributed by atoms with Crippen LogP contribution in [0.4, 0.5) is 0 Å². The van der Waals surface area contributed by atoms with Gasteiger partial charge in [0, 0.05) is 65.9 Å². The van der Waals surface area contributed by atoms with Crippen molar-refractivity contribution in [2.75, 3.05) is 0 Å². The summed E-state index contributed by atoms with van der Waals surface area (Å²) in [6.45, 7) is 0. The number of aromatic nitrogens is 5. The molecule has 0 saturated heterocycles. The van der Waals surface area contributed by atoms with Gasteiger partial charge in [-0.15, -0.1) is 0 Å². The number of pyridine rings is 1. The van der Waals surface area contributed by atoms with Crippen LogP contribution in [0.3, 0.4) is 0 Å². The third-order valence-electron chi connectivity index (χ3n) is 12.7. The second-order valence-electron chi connectivity index (χ2n) is 16.4. The molecule has 0 aliphatic rings. The second kappa shape index (κ2) is 14.5. The predicted molar refractivity (Wildman–Crippen MR) is 265 cm³/mol. The lowest BCUT2D eigenvalue weighted by Gasteiger charge is -2.13. The van der Waals surface area contributed by atoms with Crippen molar-refractivity contribution >= 4 is 65.3 Å². The van der Waals surface area contributed by atoms with Gasteiger partial charge in [0.05, 0.1) is 44.7 Å². The molecular formula is C59H37N5. The van der Waals surface area contributed by atoms with Gasteiger partial charge in [-0.05, 0) is 66.0 Å². The first-order valence-corrected chi connectivity index (χ1v) is 21.7. The number of hydrogen-bond acceptors (Lipinski definition) is 3. The summed E-state index contributed by atoms with van der Waals surface area (Å²) in [5.41, 5.74) is 14.5. The Morgan fingerprint density at radius 2 is 0.812 bits per heavy atom. The maximum atomic E-state index is 5.37. The van der Waals surface area contributed by atoms with E-state index in [2.05, 4.69) is 215 Å². The van der Waals surface area contributed by atoms with Crippen LogP contribution < -0.4 is 0 Å². The first kappa shape index (κ1) is 36.0. The SMILES string of the molecule is c1ccc(-c2nc(-c3ccc(-n4c5ccccc5c5ccccc54)cc3)cc(-c3ccc4c5c6c(-c7ccccc7)nc7ccccc7c6ccc5n(-c5ccccc5)c4c3)n2)cc1. The minimum absolute atomic E-state index is 0.680. The van der Waals surface area contributed by atoms with Crippen LogP contribution in [0.15, 0.2) is 224 Å². The van der Waals surface area contributed by atoms with Gasteiger partial charge in [-0.25, -0.2) is 15.0 Å². The number of hydrogen-bond donors (Lipinski definition) is 0. The molecule has 5 heteroatoms. The highest BCUT2D eigenvalue weighted by Crippen LogP contribution is 2.44. The summed E-state index contributed by atoms with van der Waals surface area (Å²) in [6.07, 6.45) is 0. The van der Waals surface area contributed by atoms with Gasteiger partial charge in [0.15, 0.2) is 5.82 Å². The number of rotatable bonds is 6. The van der Waals surface area contributed by atoms with E-state index in [1.165, 1.54) is 32.6 Å². The Kier molecular flexibility index (Phi) is 8.15. The molecule has 0 aliphatic carbocycles. The average molecular weight is 816 g/mol. The highest BCUT2D eigenvalue weighted by Gasteiger charge is 2.21. The normalized spacial score (nSPS) is 11.8. The van der Waals surface area contributed by atoms with Crippen molar-refractivity contribution in [1.82, 2.24) is 24.1 Å². The van der Waals surface area contributed by atoms with Gasteiger partial charge < -0.3 is 9.13 Å². The molecule has 5 nitrogen and oxygen atoms in total. The van der Waals surface area contributed by atoms with E-state index >= 15 is 0 Å². The molecule has 298 valence electrons. The second-order valence-corrected chi connectivity index (χ2v) is 16.4. The third kappa shape index (κ3) is 5.68. The van der Waals surface area contributed by atoms with E-state index in [-0.39, 0.29) is 0 Å². The van der Waals surface area contributed by atoms with E-state index in [0.717, 1.165) is 83.4 Å². The van der Waals surface area contributed by atoms with Crippen LogP contribution >= 0.6 is 0 Å². The molecule has 4 aromatic heterocycles. The molecule has 0 unspecified atom stereocenters. The zero-order valence-corrected chi connectivity index (χ0v) is 34.6. The summed E-state index contributed by atoms with van der Waals surface area (Å²) in [4.78, 5) is 15.9. The van der Waals surface area contributed by atoms with Gasteiger partial charge in [0.25, 0.3) is 0 Å². The molecule has 0 N–H and O–H groups in total. The molecule has 13 aromatic rings. The molecule has 13 rings (SSSR count). The van der Waals surface area contributed by atoms with E-state index in [1.807, 2.05) is 18.2 Å². The lowest BCUT2D eigenvalue weighted by molar-refractivity contribution is 1.17. The van der Waals surface area contributed by atoms with Crippen molar-refractivity contribution in [2.45, 2.75) is 0 Å². The number of fused-ring (bicyclic) bond motifs is 10. The van der Waals surface area contributed by atoms with Crippen LogP contribution in [-0.2, 0) is 0 Å². The first-order chi connectivity index (χ1) is 31.7. The molecule has 0 radical (unpaired) electrons. The fourth-order valence-corrected chi connectivity index (χ4v) is 9.81. The van der Waals surface area contributed by atoms with E-state index < -0.39 is 0 Å². The molecule has 0 saturated carbocycles. The number of para-hydroxylation sites is 4. The Morgan fingerprint density at radius 3 is 1.52 bits per heavy atom. The van der Waals surface area contributed by atoms with Gasteiger partial charge in [0.2, 0.25) is 0 Å². The standard InChI is InChI=1S/C59H37N5/c1-4-16-39(17-5-1)58-57-47(44-22-10-13-25-49(44)60-58)34-35-54-56(57)48-33-30-41(36-55(48)64(54)42-20-8-3-9-21-42)51-37-50(61-59(62-51)40-18-6-2-7-19-40)38-28-31-43(32-29-38)63-52-26-14-11-23-45(52)46-24-12-15-27-53(46)63/h1-37H.